The zero-order chi connectivity index (χ0) is 17.8. The highest BCUT2D eigenvalue weighted by Gasteiger charge is 2.23. The molecule has 1 atom stereocenters. The van der Waals surface area contributed by atoms with E-state index in [9.17, 15) is 9.59 Å². The summed E-state index contributed by atoms with van der Waals surface area (Å²) in [6, 6.07) is 13.0. The molecule has 2 N–H and O–H groups in total. The van der Waals surface area contributed by atoms with Crippen molar-refractivity contribution in [2.24, 2.45) is 0 Å². The van der Waals surface area contributed by atoms with E-state index in [2.05, 4.69) is 10.6 Å². The number of fused-ring (bicyclic) bond motifs is 1. The number of benzene rings is 2. The number of para-hydroxylation sites is 1. The van der Waals surface area contributed by atoms with Crippen molar-refractivity contribution in [1.29, 1.82) is 0 Å². The smallest absolute Gasteiger partial charge is 0.265 e. The van der Waals surface area contributed by atoms with Gasteiger partial charge in [0.05, 0.1) is 5.69 Å². The van der Waals surface area contributed by atoms with Crippen molar-refractivity contribution in [3.8, 4) is 11.5 Å². The number of rotatable bonds is 5. The highest BCUT2D eigenvalue weighted by Crippen LogP contribution is 2.30. The van der Waals surface area contributed by atoms with Gasteiger partial charge < -0.3 is 20.1 Å². The average molecular weight is 340 g/mol. The second-order valence-electron chi connectivity index (χ2n) is 5.91. The third kappa shape index (κ3) is 4.09. The second kappa shape index (κ2) is 7.25. The van der Waals surface area contributed by atoms with Crippen molar-refractivity contribution < 1.29 is 19.1 Å². The molecule has 1 heterocycles. The average Bonchev–Trinajstić information content (AvgIpc) is 2.60. The Kier molecular flexibility index (Phi) is 4.88. The van der Waals surface area contributed by atoms with Crippen LogP contribution in [0.3, 0.4) is 0 Å². The molecule has 0 saturated carbocycles. The highest BCUT2D eigenvalue weighted by atomic mass is 16.5. The summed E-state index contributed by atoms with van der Waals surface area (Å²) in [6.07, 6.45) is -0.503. The first-order chi connectivity index (χ1) is 12.0. The van der Waals surface area contributed by atoms with Crippen LogP contribution in [0.2, 0.25) is 0 Å². The van der Waals surface area contributed by atoms with Crippen molar-refractivity contribution >= 4 is 17.5 Å². The predicted molar refractivity (Wildman–Crippen MR) is 93.7 cm³/mol. The molecule has 2 amide bonds. The van der Waals surface area contributed by atoms with Gasteiger partial charge in [0.2, 0.25) is 0 Å². The SMILES string of the molecule is Cc1ccccc1OCC(=O)NCc1ccc2c(c1)NC(=O)C(C)O2. The standard InChI is InChI=1S/C19H20N2O4/c1-12-5-3-4-6-16(12)24-11-18(22)20-10-14-7-8-17-15(9-14)21-19(23)13(2)25-17/h3-9,13H,10-11H2,1-2H3,(H,20,22)(H,21,23). The van der Waals surface area contributed by atoms with Crippen LogP contribution in [-0.4, -0.2) is 24.5 Å². The van der Waals surface area contributed by atoms with Gasteiger partial charge in [0.25, 0.3) is 11.8 Å². The molecule has 0 radical (unpaired) electrons. The van der Waals surface area contributed by atoms with Crippen LogP contribution in [0.5, 0.6) is 11.5 Å². The lowest BCUT2D eigenvalue weighted by Gasteiger charge is -2.23. The van der Waals surface area contributed by atoms with Crippen LogP contribution in [0.4, 0.5) is 5.69 Å². The first-order valence-electron chi connectivity index (χ1n) is 8.08. The van der Waals surface area contributed by atoms with Gasteiger partial charge in [-0.25, -0.2) is 0 Å². The second-order valence-corrected chi connectivity index (χ2v) is 5.91. The van der Waals surface area contributed by atoms with E-state index in [4.69, 9.17) is 9.47 Å². The molecular formula is C19H20N2O4. The Labute approximate surface area is 146 Å². The van der Waals surface area contributed by atoms with Crippen LogP contribution in [0.25, 0.3) is 0 Å². The number of hydrogen-bond acceptors (Lipinski definition) is 4. The first-order valence-corrected chi connectivity index (χ1v) is 8.08. The Hall–Kier alpha value is -3.02. The first kappa shape index (κ1) is 16.8. The monoisotopic (exact) mass is 340 g/mol. The van der Waals surface area contributed by atoms with E-state index in [1.807, 2.05) is 37.3 Å². The Bertz CT molecular complexity index is 804. The fraction of sp³-hybridized carbons (Fsp3) is 0.263. The third-order valence-corrected chi connectivity index (χ3v) is 3.92. The maximum atomic E-state index is 12.0. The molecule has 1 aliphatic heterocycles. The summed E-state index contributed by atoms with van der Waals surface area (Å²) in [5.41, 5.74) is 2.46. The topological polar surface area (TPSA) is 76.7 Å². The van der Waals surface area contributed by atoms with Gasteiger partial charge >= 0.3 is 0 Å². The minimum absolute atomic E-state index is 0.0485. The van der Waals surface area contributed by atoms with Crippen molar-refractivity contribution in [2.75, 3.05) is 11.9 Å². The largest absolute Gasteiger partial charge is 0.484 e. The normalized spacial score (nSPS) is 15.6. The molecule has 0 bridgehead atoms. The zero-order valence-corrected chi connectivity index (χ0v) is 14.2. The molecular weight excluding hydrogens is 320 g/mol. The van der Waals surface area contributed by atoms with Gasteiger partial charge in [-0.05, 0) is 43.2 Å². The molecule has 6 nitrogen and oxygen atoms in total. The number of amides is 2. The number of carbonyl (C=O) groups excluding carboxylic acids is 2. The molecule has 2 aromatic carbocycles. The molecule has 25 heavy (non-hydrogen) atoms. The molecule has 2 aromatic rings. The fourth-order valence-electron chi connectivity index (χ4n) is 2.48. The van der Waals surface area contributed by atoms with Crippen molar-refractivity contribution in [1.82, 2.24) is 5.32 Å². The summed E-state index contributed by atoms with van der Waals surface area (Å²) in [6.45, 7) is 3.92. The van der Waals surface area contributed by atoms with Crippen molar-refractivity contribution in [3.05, 3.63) is 53.6 Å². The number of hydrogen-bond donors (Lipinski definition) is 2. The Balaban J connectivity index is 1.53. The molecule has 3 rings (SSSR count). The minimum atomic E-state index is -0.503. The summed E-state index contributed by atoms with van der Waals surface area (Å²) in [5.74, 6) is 0.931. The van der Waals surface area contributed by atoms with Gasteiger partial charge in [0.15, 0.2) is 12.7 Å². The van der Waals surface area contributed by atoms with E-state index >= 15 is 0 Å². The number of aryl methyl sites for hydroxylation is 1. The molecule has 0 spiro atoms. The van der Waals surface area contributed by atoms with Gasteiger partial charge in [-0.2, -0.15) is 0 Å². The highest BCUT2D eigenvalue weighted by molar-refractivity contribution is 5.97. The van der Waals surface area contributed by atoms with Gasteiger partial charge in [-0.15, -0.1) is 0 Å². The van der Waals surface area contributed by atoms with E-state index in [0.717, 1.165) is 11.1 Å². The Morgan fingerprint density at radius 2 is 2.08 bits per heavy atom. The summed E-state index contributed by atoms with van der Waals surface area (Å²) < 4.78 is 11.0. The van der Waals surface area contributed by atoms with Crippen LogP contribution in [0.1, 0.15) is 18.1 Å². The van der Waals surface area contributed by atoms with Gasteiger partial charge in [0, 0.05) is 6.54 Å². The minimum Gasteiger partial charge on any atom is -0.484 e. The molecule has 0 saturated heterocycles. The van der Waals surface area contributed by atoms with E-state index in [-0.39, 0.29) is 18.4 Å². The summed E-state index contributed by atoms with van der Waals surface area (Å²) in [7, 11) is 0. The maximum Gasteiger partial charge on any atom is 0.265 e. The van der Waals surface area contributed by atoms with E-state index in [0.29, 0.717) is 23.7 Å². The number of ether oxygens (including phenoxy) is 2. The lowest BCUT2D eigenvalue weighted by molar-refractivity contribution is -0.123. The van der Waals surface area contributed by atoms with Crippen LogP contribution in [-0.2, 0) is 16.1 Å². The molecule has 0 aromatic heterocycles. The van der Waals surface area contributed by atoms with Crippen LogP contribution >= 0.6 is 0 Å². The molecule has 0 aliphatic carbocycles. The maximum absolute atomic E-state index is 12.0. The summed E-state index contributed by atoms with van der Waals surface area (Å²) in [4.78, 5) is 23.6. The van der Waals surface area contributed by atoms with Crippen molar-refractivity contribution in [3.63, 3.8) is 0 Å². The van der Waals surface area contributed by atoms with Crippen LogP contribution in [0.15, 0.2) is 42.5 Å². The van der Waals surface area contributed by atoms with Gasteiger partial charge in [-0.3, -0.25) is 9.59 Å². The number of carbonyl (C=O) groups is 2. The number of anilines is 1. The molecule has 130 valence electrons. The zero-order valence-electron chi connectivity index (χ0n) is 14.2. The van der Waals surface area contributed by atoms with Crippen molar-refractivity contribution in [2.45, 2.75) is 26.5 Å². The Morgan fingerprint density at radius 1 is 1.28 bits per heavy atom. The molecule has 0 fully saturated rings. The number of nitrogens with one attached hydrogen (secondary N) is 2. The van der Waals surface area contributed by atoms with E-state index < -0.39 is 6.10 Å². The van der Waals surface area contributed by atoms with Crippen LogP contribution in [0, 0.1) is 6.92 Å². The fourth-order valence-corrected chi connectivity index (χ4v) is 2.48. The van der Waals surface area contributed by atoms with E-state index in [1.54, 1.807) is 19.1 Å². The molecule has 6 heteroatoms. The molecule has 1 aliphatic rings. The quantitative estimate of drug-likeness (QED) is 0.876. The van der Waals surface area contributed by atoms with E-state index in [1.165, 1.54) is 0 Å². The van der Waals surface area contributed by atoms with Gasteiger partial charge in [-0.1, -0.05) is 24.3 Å². The lowest BCUT2D eigenvalue weighted by Crippen LogP contribution is -2.34. The summed E-state index contributed by atoms with van der Waals surface area (Å²) in [5, 5.41) is 5.59. The van der Waals surface area contributed by atoms with Gasteiger partial charge in [0.1, 0.15) is 11.5 Å². The lowest BCUT2D eigenvalue weighted by atomic mass is 10.1. The predicted octanol–water partition coefficient (Wildman–Crippen LogP) is 2.41. The summed E-state index contributed by atoms with van der Waals surface area (Å²) >= 11 is 0. The third-order valence-electron chi connectivity index (χ3n) is 3.92. The molecule has 1 unspecified atom stereocenters. The van der Waals surface area contributed by atoms with Crippen LogP contribution < -0.4 is 20.1 Å². The Morgan fingerprint density at radius 3 is 2.88 bits per heavy atom.